The number of ether oxygens (including phenoxy) is 1. The number of hydrogen-bond donors (Lipinski definition) is 3. The molecule has 2 unspecified atom stereocenters. The predicted octanol–water partition coefficient (Wildman–Crippen LogP) is 20.6. The topological polar surface area (TPSA) is 95.9 Å². The lowest BCUT2D eigenvalue weighted by molar-refractivity contribution is -0.143. The van der Waals surface area contributed by atoms with E-state index in [2.05, 4.69) is 31.3 Å². The molecular formula is C66H127NO5. The average Bonchev–Trinajstić information content (AvgIpc) is 3.38. The Kier molecular flexibility index (Phi) is 60.5. The molecule has 426 valence electrons. The monoisotopic (exact) mass is 1010 g/mol. The number of amides is 1. The van der Waals surface area contributed by atoms with Gasteiger partial charge < -0.3 is 20.3 Å². The molecule has 6 heteroatoms. The Bertz CT molecular complexity index is 1120. The largest absolute Gasteiger partial charge is 0.466 e. The van der Waals surface area contributed by atoms with Gasteiger partial charge in [0.15, 0.2) is 0 Å². The van der Waals surface area contributed by atoms with Gasteiger partial charge in [0.1, 0.15) is 0 Å². The minimum absolute atomic E-state index is 0.0172. The first kappa shape index (κ1) is 70.3. The van der Waals surface area contributed by atoms with E-state index < -0.39 is 12.1 Å². The smallest absolute Gasteiger partial charge is 0.305 e. The average molecular weight is 1010 g/mol. The number of allylic oxidation sites excluding steroid dienone is 3. The summed E-state index contributed by atoms with van der Waals surface area (Å²) in [5, 5.41) is 23.1. The first-order valence-corrected chi connectivity index (χ1v) is 32.6. The molecule has 0 aliphatic carbocycles. The van der Waals surface area contributed by atoms with E-state index >= 15 is 0 Å². The lowest BCUT2D eigenvalue weighted by Crippen LogP contribution is -2.45. The fraction of sp³-hybridized carbons (Fsp3) is 0.909. The van der Waals surface area contributed by atoms with Gasteiger partial charge in [-0.1, -0.05) is 314 Å². The summed E-state index contributed by atoms with van der Waals surface area (Å²) in [7, 11) is 0. The number of esters is 1. The molecule has 3 N–H and O–H groups in total. The molecule has 0 heterocycles. The molecule has 0 aromatic carbocycles. The van der Waals surface area contributed by atoms with Gasteiger partial charge in [-0.3, -0.25) is 9.59 Å². The van der Waals surface area contributed by atoms with Crippen LogP contribution in [0, 0.1) is 0 Å². The Morgan fingerprint density at radius 2 is 0.653 bits per heavy atom. The van der Waals surface area contributed by atoms with Crippen LogP contribution in [0.1, 0.15) is 361 Å². The van der Waals surface area contributed by atoms with Crippen LogP contribution in [0.3, 0.4) is 0 Å². The van der Waals surface area contributed by atoms with E-state index in [9.17, 15) is 19.8 Å². The maximum Gasteiger partial charge on any atom is 0.305 e. The zero-order valence-corrected chi connectivity index (χ0v) is 48.7. The lowest BCUT2D eigenvalue weighted by Gasteiger charge is -2.20. The highest BCUT2D eigenvalue weighted by Gasteiger charge is 2.18. The summed E-state index contributed by atoms with van der Waals surface area (Å²) >= 11 is 0. The molecule has 0 fully saturated rings. The van der Waals surface area contributed by atoms with E-state index in [1.165, 1.54) is 295 Å². The molecule has 6 nitrogen and oxygen atoms in total. The molecular weight excluding hydrogens is 887 g/mol. The van der Waals surface area contributed by atoms with Crippen LogP contribution in [0.15, 0.2) is 24.3 Å². The highest BCUT2D eigenvalue weighted by Crippen LogP contribution is 2.18. The summed E-state index contributed by atoms with van der Waals surface area (Å²) in [6, 6.07) is -0.626. The normalized spacial score (nSPS) is 12.7. The fourth-order valence-corrected chi connectivity index (χ4v) is 10.2. The Hall–Kier alpha value is -1.66. The second-order valence-electron chi connectivity index (χ2n) is 22.5. The van der Waals surface area contributed by atoms with Crippen LogP contribution in [-0.2, 0) is 14.3 Å². The Labute approximate surface area is 450 Å². The number of hydrogen-bond acceptors (Lipinski definition) is 5. The number of unbranched alkanes of at least 4 members (excludes halogenated alkanes) is 48. The minimum atomic E-state index is -0.843. The summed E-state index contributed by atoms with van der Waals surface area (Å²) in [5.74, 6) is -0.0484. The zero-order chi connectivity index (χ0) is 52.2. The number of carbonyl (C=O) groups is 2. The standard InChI is InChI=1S/C66H127NO5/c1-3-5-7-9-11-13-15-17-35-38-42-46-50-54-58-64(69)63(62-68)67-65(70)59-55-51-47-43-39-36-33-31-29-27-25-23-21-19-18-20-22-24-26-28-30-32-34-37-41-45-49-53-57-61-72-66(71)60-56-52-48-44-40-16-14-12-10-8-6-4-2/h18,20,54,58,63-64,68-69H,3-17,19,21-53,55-57,59-62H2,1-2H3,(H,67,70)/b20-18-,58-54+. The lowest BCUT2D eigenvalue weighted by atomic mass is 10.0. The molecule has 2 atom stereocenters. The van der Waals surface area contributed by atoms with Crippen molar-refractivity contribution in [1.29, 1.82) is 0 Å². The van der Waals surface area contributed by atoms with Crippen LogP contribution in [0.4, 0.5) is 0 Å². The Morgan fingerprint density at radius 3 is 0.986 bits per heavy atom. The van der Waals surface area contributed by atoms with Crippen molar-refractivity contribution in [2.24, 2.45) is 0 Å². The van der Waals surface area contributed by atoms with Crippen LogP contribution >= 0.6 is 0 Å². The van der Waals surface area contributed by atoms with Gasteiger partial charge in [0.25, 0.3) is 0 Å². The number of aliphatic hydroxyl groups excluding tert-OH is 2. The molecule has 0 aliphatic heterocycles. The van der Waals surface area contributed by atoms with Crippen molar-refractivity contribution in [2.45, 2.75) is 373 Å². The van der Waals surface area contributed by atoms with Crippen molar-refractivity contribution in [2.75, 3.05) is 13.2 Å². The van der Waals surface area contributed by atoms with Gasteiger partial charge in [-0.05, 0) is 57.8 Å². The summed E-state index contributed by atoms with van der Waals surface area (Å²) in [4.78, 5) is 24.5. The number of rotatable bonds is 61. The van der Waals surface area contributed by atoms with Crippen molar-refractivity contribution in [3.05, 3.63) is 24.3 Å². The molecule has 0 saturated carbocycles. The molecule has 0 aromatic rings. The van der Waals surface area contributed by atoms with Crippen molar-refractivity contribution >= 4 is 11.9 Å². The van der Waals surface area contributed by atoms with Crippen molar-refractivity contribution in [3.8, 4) is 0 Å². The van der Waals surface area contributed by atoms with E-state index in [0.717, 1.165) is 38.5 Å². The van der Waals surface area contributed by atoms with E-state index in [1.54, 1.807) is 6.08 Å². The van der Waals surface area contributed by atoms with Crippen LogP contribution in [0.25, 0.3) is 0 Å². The summed E-state index contributed by atoms with van der Waals surface area (Å²) < 4.78 is 5.48. The van der Waals surface area contributed by atoms with Crippen molar-refractivity contribution in [3.63, 3.8) is 0 Å². The summed E-state index contributed by atoms with van der Waals surface area (Å²) in [6.45, 7) is 4.92. The number of carbonyl (C=O) groups excluding carboxylic acids is 2. The zero-order valence-electron chi connectivity index (χ0n) is 48.7. The number of nitrogens with one attached hydrogen (secondary N) is 1. The highest BCUT2D eigenvalue weighted by molar-refractivity contribution is 5.76. The highest BCUT2D eigenvalue weighted by atomic mass is 16.5. The molecule has 0 aliphatic rings. The molecule has 0 radical (unpaired) electrons. The molecule has 0 spiro atoms. The van der Waals surface area contributed by atoms with Gasteiger partial charge in [0.2, 0.25) is 5.91 Å². The molecule has 0 bridgehead atoms. The molecule has 0 rings (SSSR count). The van der Waals surface area contributed by atoms with Crippen LogP contribution in [0.2, 0.25) is 0 Å². The molecule has 1 amide bonds. The van der Waals surface area contributed by atoms with Crippen LogP contribution in [-0.4, -0.2) is 47.4 Å². The SMILES string of the molecule is CCCCCCCCCCCCCC/C=C/C(O)C(CO)NC(=O)CCCCCCCCCCCCCCC/C=C\CCCCCCCCCCCCCCOC(=O)CCCCCCCCCCCCCC. The maximum absolute atomic E-state index is 12.5. The van der Waals surface area contributed by atoms with E-state index in [1.807, 2.05) is 6.08 Å². The van der Waals surface area contributed by atoms with Crippen molar-refractivity contribution in [1.82, 2.24) is 5.32 Å². The molecule has 0 saturated heterocycles. The molecule has 0 aromatic heterocycles. The van der Waals surface area contributed by atoms with E-state index in [4.69, 9.17) is 4.74 Å². The minimum Gasteiger partial charge on any atom is -0.466 e. The van der Waals surface area contributed by atoms with Gasteiger partial charge in [0, 0.05) is 12.8 Å². The van der Waals surface area contributed by atoms with E-state index in [0.29, 0.717) is 19.4 Å². The summed E-state index contributed by atoms with van der Waals surface area (Å²) in [5.41, 5.74) is 0. The van der Waals surface area contributed by atoms with Gasteiger partial charge in [-0.2, -0.15) is 0 Å². The Morgan fingerprint density at radius 1 is 0.375 bits per heavy atom. The van der Waals surface area contributed by atoms with Gasteiger partial charge in [-0.25, -0.2) is 0 Å². The van der Waals surface area contributed by atoms with Gasteiger partial charge in [-0.15, -0.1) is 0 Å². The number of aliphatic hydroxyl groups is 2. The maximum atomic E-state index is 12.5. The summed E-state index contributed by atoms with van der Waals surface area (Å²) in [6.07, 6.45) is 76.7. The Balaban J connectivity index is 3.38. The second-order valence-corrected chi connectivity index (χ2v) is 22.5. The van der Waals surface area contributed by atoms with Crippen LogP contribution in [0.5, 0.6) is 0 Å². The van der Waals surface area contributed by atoms with Gasteiger partial charge >= 0.3 is 5.97 Å². The fourth-order valence-electron chi connectivity index (χ4n) is 10.2. The van der Waals surface area contributed by atoms with Crippen molar-refractivity contribution < 1.29 is 24.5 Å². The van der Waals surface area contributed by atoms with Crippen LogP contribution < -0.4 is 5.32 Å². The first-order valence-electron chi connectivity index (χ1n) is 32.6. The first-order chi connectivity index (χ1) is 35.5. The third-order valence-corrected chi connectivity index (χ3v) is 15.2. The van der Waals surface area contributed by atoms with Gasteiger partial charge in [0.05, 0.1) is 25.4 Å². The molecule has 72 heavy (non-hydrogen) atoms. The van der Waals surface area contributed by atoms with E-state index in [-0.39, 0.29) is 18.5 Å². The second kappa shape index (κ2) is 61.9. The third kappa shape index (κ3) is 57.6. The third-order valence-electron chi connectivity index (χ3n) is 15.2. The quantitative estimate of drug-likeness (QED) is 0.0320. The predicted molar refractivity (Wildman–Crippen MR) is 315 cm³/mol.